The van der Waals surface area contributed by atoms with E-state index in [0.717, 1.165) is 0 Å². The molecule has 6 heteroatoms. The van der Waals surface area contributed by atoms with Crippen molar-refractivity contribution in [3.63, 3.8) is 0 Å². The first-order chi connectivity index (χ1) is 9.10. The lowest BCUT2D eigenvalue weighted by Crippen LogP contribution is -2.30. The summed E-state index contributed by atoms with van der Waals surface area (Å²) in [7, 11) is 0. The largest absolute Gasteiger partial charge is 0.457 e. The number of benzene rings is 1. The lowest BCUT2D eigenvalue weighted by molar-refractivity contribution is -0.140. The summed E-state index contributed by atoms with van der Waals surface area (Å²) in [5.74, 6) is 3.01. The topological polar surface area (TPSA) is 82.9 Å². The standard InChI is InChI=1S/C13H11FN2O3/c1-2-19-13(18)12(16-15)11(17)8-7-9-5-3-4-6-10(9)14/h3-6,11,17H,2H2,1H3. The minimum absolute atomic E-state index is 0.0581. The van der Waals surface area contributed by atoms with Crippen LogP contribution < -0.4 is 0 Å². The molecule has 0 spiro atoms. The highest BCUT2D eigenvalue weighted by molar-refractivity contribution is 6.36. The van der Waals surface area contributed by atoms with Crippen LogP contribution in [0.3, 0.4) is 0 Å². The van der Waals surface area contributed by atoms with Crippen molar-refractivity contribution in [1.82, 2.24) is 0 Å². The van der Waals surface area contributed by atoms with Crippen molar-refractivity contribution in [3.05, 3.63) is 41.2 Å². The molecule has 0 saturated carbocycles. The molecule has 1 aromatic carbocycles. The zero-order valence-electron chi connectivity index (χ0n) is 10.1. The second-order valence-corrected chi connectivity index (χ2v) is 3.36. The third-order valence-corrected chi connectivity index (χ3v) is 2.07. The first kappa shape index (κ1) is 14.6. The van der Waals surface area contributed by atoms with Crippen molar-refractivity contribution in [2.75, 3.05) is 6.61 Å². The second-order valence-electron chi connectivity index (χ2n) is 3.36. The van der Waals surface area contributed by atoms with Gasteiger partial charge in [0.2, 0.25) is 6.10 Å². The highest BCUT2D eigenvalue weighted by Crippen LogP contribution is 2.04. The number of carbonyl (C=O) groups is 1. The number of esters is 1. The number of hydrogen-bond acceptors (Lipinski definition) is 3. The van der Waals surface area contributed by atoms with Crippen LogP contribution in [-0.4, -0.2) is 34.3 Å². The van der Waals surface area contributed by atoms with E-state index >= 15 is 0 Å². The quantitative estimate of drug-likeness (QED) is 0.287. The maximum atomic E-state index is 13.2. The summed E-state index contributed by atoms with van der Waals surface area (Å²) in [5.41, 5.74) is 8.04. The van der Waals surface area contributed by atoms with E-state index in [1.165, 1.54) is 18.2 Å². The molecule has 0 amide bonds. The Bertz CT molecular complexity index is 583. The van der Waals surface area contributed by atoms with Crippen molar-refractivity contribution in [2.45, 2.75) is 13.0 Å². The number of halogens is 1. The van der Waals surface area contributed by atoms with Crippen LogP contribution in [0.1, 0.15) is 12.5 Å². The highest BCUT2D eigenvalue weighted by atomic mass is 19.1. The van der Waals surface area contributed by atoms with E-state index in [2.05, 4.69) is 21.4 Å². The van der Waals surface area contributed by atoms with Gasteiger partial charge in [-0.2, -0.15) is 4.79 Å². The van der Waals surface area contributed by atoms with Gasteiger partial charge >= 0.3 is 11.7 Å². The fourth-order valence-electron chi connectivity index (χ4n) is 1.19. The summed E-state index contributed by atoms with van der Waals surface area (Å²) in [4.78, 5) is 13.9. The van der Waals surface area contributed by atoms with E-state index in [1.54, 1.807) is 13.0 Å². The molecule has 0 radical (unpaired) electrons. The zero-order valence-corrected chi connectivity index (χ0v) is 10.1. The molecule has 0 aliphatic carbocycles. The number of aliphatic hydroxyl groups is 1. The predicted octanol–water partition coefficient (Wildman–Crippen LogP) is 0.772. The molecule has 0 saturated heterocycles. The maximum Gasteiger partial charge on any atom is 0.421 e. The van der Waals surface area contributed by atoms with Gasteiger partial charge in [0.25, 0.3) is 0 Å². The van der Waals surface area contributed by atoms with Crippen LogP contribution in [0, 0.1) is 17.7 Å². The Labute approximate surface area is 109 Å². The number of rotatable bonds is 3. The van der Waals surface area contributed by atoms with Gasteiger partial charge in [-0.15, -0.1) is 0 Å². The molecule has 1 rings (SSSR count). The van der Waals surface area contributed by atoms with Crippen LogP contribution >= 0.6 is 0 Å². The average Bonchev–Trinajstić information content (AvgIpc) is 2.39. The van der Waals surface area contributed by atoms with Gasteiger partial charge in [-0.3, -0.25) is 0 Å². The molecular weight excluding hydrogens is 251 g/mol. The molecule has 19 heavy (non-hydrogen) atoms. The van der Waals surface area contributed by atoms with Crippen LogP contribution in [-0.2, 0) is 9.53 Å². The third kappa shape index (κ3) is 4.03. The monoisotopic (exact) mass is 262 g/mol. The Hall–Kier alpha value is -2.48. The summed E-state index contributed by atoms with van der Waals surface area (Å²) < 4.78 is 17.8. The lowest BCUT2D eigenvalue weighted by Gasteiger charge is -1.98. The molecule has 0 bridgehead atoms. The molecule has 0 heterocycles. The lowest BCUT2D eigenvalue weighted by atomic mass is 10.1. The van der Waals surface area contributed by atoms with Crippen molar-refractivity contribution < 1.29 is 23.8 Å². The zero-order chi connectivity index (χ0) is 14.3. The minimum atomic E-state index is -1.66. The highest BCUT2D eigenvalue weighted by Gasteiger charge is 2.29. The normalized spacial score (nSPS) is 10.7. The number of aliphatic hydroxyl groups excluding tert-OH is 1. The molecule has 5 nitrogen and oxygen atoms in total. The summed E-state index contributed by atoms with van der Waals surface area (Å²) in [6.07, 6.45) is -1.66. The van der Waals surface area contributed by atoms with Gasteiger partial charge in [0.15, 0.2) is 0 Å². The molecular formula is C13H11FN2O3. The first-order valence-corrected chi connectivity index (χ1v) is 5.43. The van der Waals surface area contributed by atoms with Crippen LogP contribution in [0.2, 0.25) is 0 Å². The van der Waals surface area contributed by atoms with E-state index in [4.69, 9.17) is 5.53 Å². The smallest absolute Gasteiger partial charge is 0.421 e. The van der Waals surface area contributed by atoms with Crippen molar-refractivity contribution in [3.8, 4) is 11.8 Å². The first-order valence-electron chi connectivity index (χ1n) is 5.43. The third-order valence-electron chi connectivity index (χ3n) is 2.07. The Balaban J connectivity index is 2.91. The van der Waals surface area contributed by atoms with E-state index in [9.17, 15) is 14.3 Å². The summed E-state index contributed by atoms with van der Waals surface area (Å²) >= 11 is 0. The molecule has 1 N–H and O–H groups in total. The molecule has 0 aliphatic heterocycles. The molecule has 1 atom stereocenters. The molecule has 1 unspecified atom stereocenters. The van der Waals surface area contributed by atoms with Crippen molar-refractivity contribution in [1.29, 1.82) is 0 Å². The van der Waals surface area contributed by atoms with Crippen LogP contribution in [0.25, 0.3) is 5.53 Å². The summed E-state index contributed by atoms with van der Waals surface area (Å²) in [5, 5.41) is 9.57. The van der Waals surface area contributed by atoms with Gasteiger partial charge in [0, 0.05) is 0 Å². The molecule has 98 valence electrons. The van der Waals surface area contributed by atoms with E-state index in [1.807, 2.05) is 0 Å². The van der Waals surface area contributed by atoms with E-state index in [-0.39, 0.29) is 12.2 Å². The fraction of sp³-hybridized carbons (Fsp3) is 0.231. The Morgan fingerprint density at radius 3 is 2.84 bits per heavy atom. The number of carbonyl (C=O) groups excluding carboxylic acids is 1. The average molecular weight is 262 g/mol. The number of nitrogens with zero attached hydrogens (tertiary/aromatic N) is 2. The van der Waals surface area contributed by atoms with Crippen LogP contribution in [0.15, 0.2) is 24.3 Å². The molecule has 0 aromatic heterocycles. The SMILES string of the molecule is CCOC(=O)C(=[N+]=[N-])C(O)C#Cc1ccccc1F. The van der Waals surface area contributed by atoms with Gasteiger partial charge in [-0.1, -0.05) is 24.0 Å². The Morgan fingerprint density at radius 1 is 1.58 bits per heavy atom. The molecule has 0 fully saturated rings. The number of ether oxygens (including phenoxy) is 1. The van der Waals surface area contributed by atoms with E-state index < -0.39 is 23.6 Å². The summed E-state index contributed by atoms with van der Waals surface area (Å²) in [6.45, 7) is 1.62. The van der Waals surface area contributed by atoms with Gasteiger partial charge in [-0.05, 0) is 19.1 Å². The van der Waals surface area contributed by atoms with Gasteiger partial charge in [-0.25, -0.2) is 9.18 Å². The van der Waals surface area contributed by atoms with Gasteiger partial charge in [0.05, 0.1) is 12.2 Å². The molecule has 0 aliphatic rings. The van der Waals surface area contributed by atoms with E-state index in [0.29, 0.717) is 0 Å². The summed E-state index contributed by atoms with van der Waals surface area (Å²) in [6, 6.07) is 5.69. The molecule has 1 aromatic rings. The minimum Gasteiger partial charge on any atom is -0.457 e. The van der Waals surface area contributed by atoms with Crippen molar-refractivity contribution in [2.24, 2.45) is 0 Å². The maximum absolute atomic E-state index is 13.2. The second kappa shape index (κ2) is 7.07. The Morgan fingerprint density at radius 2 is 2.26 bits per heavy atom. The van der Waals surface area contributed by atoms with Gasteiger partial charge in [0.1, 0.15) is 5.82 Å². The number of hydrogen-bond donors (Lipinski definition) is 1. The van der Waals surface area contributed by atoms with Crippen LogP contribution in [0.5, 0.6) is 0 Å². The van der Waals surface area contributed by atoms with Crippen molar-refractivity contribution >= 4 is 11.7 Å². The Kier molecular flexibility index (Phi) is 5.42. The van der Waals surface area contributed by atoms with Gasteiger partial charge < -0.3 is 15.4 Å². The predicted molar refractivity (Wildman–Crippen MR) is 64.5 cm³/mol. The van der Waals surface area contributed by atoms with Crippen LogP contribution in [0.4, 0.5) is 4.39 Å². The fourth-order valence-corrected chi connectivity index (χ4v) is 1.19.